The van der Waals surface area contributed by atoms with E-state index in [0.29, 0.717) is 24.7 Å². The third-order valence-electron chi connectivity index (χ3n) is 5.06. The molecule has 2 aliphatic rings. The molecule has 0 radical (unpaired) electrons. The summed E-state index contributed by atoms with van der Waals surface area (Å²) in [6.45, 7) is 1.48. The number of nitrogens with zero attached hydrogens (tertiary/aromatic N) is 3. The molecule has 1 atom stereocenters. The summed E-state index contributed by atoms with van der Waals surface area (Å²) in [5.74, 6) is 1.93. The van der Waals surface area contributed by atoms with Crippen LogP contribution in [0.4, 0.5) is 0 Å². The highest BCUT2D eigenvalue weighted by Gasteiger charge is 2.26. The predicted molar refractivity (Wildman–Crippen MR) is 90.0 cm³/mol. The minimum Gasteiger partial charge on any atom is -0.480 e. The maximum Gasteiger partial charge on any atom is 0.235 e. The van der Waals surface area contributed by atoms with E-state index in [1.807, 2.05) is 4.90 Å². The molecular weight excluding hydrogens is 306 g/mol. The zero-order valence-corrected chi connectivity index (χ0v) is 14.4. The zero-order chi connectivity index (χ0) is 16.8. The third-order valence-corrected chi connectivity index (χ3v) is 5.06. The SMILES string of the molecule is COc1cncc(OC2CCCN(C(=O)CCC3CCCC3)C2)n1. The van der Waals surface area contributed by atoms with Crippen molar-refractivity contribution >= 4 is 5.91 Å². The third kappa shape index (κ3) is 4.58. The molecule has 0 N–H and O–H groups in total. The van der Waals surface area contributed by atoms with E-state index < -0.39 is 0 Å². The van der Waals surface area contributed by atoms with Gasteiger partial charge in [0.2, 0.25) is 17.7 Å². The molecule has 6 heteroatoms. The van der Waals surface area contributed by atoms with Gasteiger partial charge in [0.15, 0.2) is 0 Å². The van der Waals surface area contributed by atoms with E-state index in [2.05, 4.69) is 9.97 Å². The molecule has 1 unspecified atom stereocenters. The Morgan fingerprint density at radius 3 is 2.79 bits per heavy atom. The van der Waals surface area contributed by atoms with Crippen molar-refractivity contribution in [3.05, 3.63) is 12.4 Å². The average Bonchev–Trinajstić information content (AvgIpc) is 3.13. The molecule has 1 aliphatic carbocycles. The van der Waals surface area contributed by atoms with Gasteiger partial charge in [0.1, 0.15) is 6.10 Å². The number of hydrogen-bond acceptors (Lipinski definition) is 5. The highest BCUT2D eigenvalue weighted by atomic mass is 16.5. The lowest BCUT2D eigenvalue weighted by Crippen LogP contribution is -2.44. The fraction of sp³-hybridized carbons (Fsp3) is 0.722. The van der Waals surface area contributed by atoms with E-state index >= 15 is 0 Å². The predicted octanol–water partition coefficient (Wildman–Crippen LogP) is 2.83. The van der Waals surface area contributed by atoms with Crippen molar-refractivity contribution in [1.82, 2.24) is 14.9 Å². The van der Waals surface area contributed by atoms with Crippen LogP contribution in [0.25, 0.3) is 0 Å². The fourth-order valence-corrected chi connectivity index (χ4v) is 3.70. The highest BCUT2D eigenvalue weighted by molar-refractivity contribution is 5.76. The second-order valence-electron chi connectivity index (χ2n) is 6.81. The maximum absolute atomic E-state index is 12.5. The molecule has 2 fully saturated rings. The smallest absolute Gasteiger partial charge is 0.235 e. The first-order chi connectivity index (χ1) is 11.7. The van der Waals surface area contributed by atoms with Crippen LogP contribution >= 0.6 is 0 Å². The van der Waals surface area contributed by atoms with E-state index in [4.69, 9.17) is 9.47 Å². The van der Waals surface area contributed by atoms with E-state index in [9.17, 15) is 4.79 Å². The van der Waals surface area contributed by atoms with Gasteiger partial charge in [-0.2, -0.15) is 4.98 Å². The molecule has 0 aromatic carbocycles. The van der Waals surface area contributed by atoms with Crippen molar-refractivity contribution < 1.29 is 14.3 Å². The molecule has 3 rings (SSSR count). The van der Waals surface area contributed by atoms with Crippen LogP contribution in [-0.4, -0.2) is 47.1 Å². The summed E-state index contributed by atoms with van der Waals surface area (Å²) >= 11 is 0. The van der Waals surface area contributed by atoms with Gasteiger partial charge < -0.3 is 14.4 Å². The Morgan fingerprint density at radius 1 is 1.21 bits per heavy atom. The molecule has 1 saturated heterocycles. The molecule has 2 heterocycles. The Labute approximate surface area is 143 Å². The van der Waals surface area contributed by atoms with Crippen molar-refractivity contribution in [2.75, 3.05) is 20.2 Å². The van der Waals surface area contributed by atoms with Gasteiger partial charge in [-0.3, -0.25) is 9.78 Å². The molecule has 1 aromatic rings. The fourth-order valence-electron chi connectivity index (χ4n) is 3.70. The largest absolute Gasteiger partial charge is 0.480 e. The van der Waals surface area contributed by atoms with Gasteiger partial charge >= 0.3 is 0 Å². The molecule has 1 saturated carbocycles. The number of carbonyl (C=O) groups excluding carboxylic acids is 1. The highest BCUT2D eigenvalue weighted by Crippen LogP contribution is 2.29. The van der Waals surface area contributed by atoms with Crippen LogP contribution in [0.3, 0.4) is 0 Å². The van der Waals surface area contributed by atoms with Crippen molar-refractivity contribution in [1.29, 1.82) is 0 Å². The molecule has 24 heavy (non-hydrogen) atoms. The van der Waals surface area contributed by atoms with Gasteiger partial charge in [-0.1, -0.05) is 25.7 Å². The number of amides is 1. The van der Waals surface area contributed by atoms with Crippen LogP contribution in [0.5, 0.6) is 11.8 Å². The van der Waals surface area contributed by atoms with Crippen LogP contribution in [0, 0.1) is 5.92 Å². The second kappa shape index (κ2) is 8.31. The molecule has 1 amide bonds. The number of methoxy groups -OCH3 is 1. The number of carbonyl (C=O) groups is 1. The van der Waals surface area contributed by atoms with Crippen molar-refractivity contribution in [2.45, 2.75) is 57.5 Å². The molecule has 6 nitrogen and oxygen atoms in total. The second-order valence-corrected chi connectivity index (χ2v) is 6.81. The number of hydrogen-bond donors (Lipinski definition) is 0. The summed E-state index contributed by atoms with van der Waals surface area (Å²) in [6.07, 6.45) is 12.0. The molecule has 0 bridgehead atoms. The molecule has 132 valence electrons. The summed E-state index contributed by atoms with van der Waals surface area (Å²) in [6, 6.07) is 0. The Kier molecular flexibility index (Phi) is 5.88. The van der Waals surface area contributed by atoms with E-state index in [-0.39, 0.29) is 12.0 Å². The van der Waals surface area contributed by atoms with Crippen molar-refractivity contribution in [2.24, 2.45) is 5.92 Å². The van der Waals surface area contributed by atoms with Gasteiger partial charge in [-0.05, 0) is 25.2 Å². The molecule has 0 spiro atoms. The first kappa shape index (κ1) is 17.0. The van der Waals surface area contributed by atoms with E-state index in [1.54, 1.807) is 19.5 Å². The quantitative estimate of drug-likeness (QED) is 0.801. The maximum atomic E-state index is 12.5. The molecule has 1 aliphatic heterocycles. The van der Waals surface area contributed by atoms with Crippen LogP contribution in [0.15, 0.2) is 12.4 Å². The standard InChI is InChI=1S/C18H27N3O3/c1-23-16-11-19-12-17(20-16)24-15-7-4-10-21(13-15)18(22)9-8-14-5-2-3-6-14/h11-12,14-15H,2-10,13H2,1H3. The Morgan fingerprint density at radius 2 is 2.00 bits per heavy atom. The average molecular weight is 333 g/mol. The number of piperidine rings is 1. The van der Waals surface area contributed by atoms with Gasteiger partial charge in [0.05, 0.1) is 26.0 Å². The number of ether oxygens (including phenoxy) is 2. The normalized spacial score (nSPS) is 21.7. The lowest BCUT2D eigenvalue weighted by Gasteiger charge is -2.32. The monoisotopic (exact) mass is 333 g/mol. The Bertz CT molecular complexity index is 546. The topological polar surface area (TPSA) is 64.6 Å². The lowest BCUT2D eigenvalue weighted by molar-refractivity contribution is -0.134. The Balaban J connectivity index is 1.48. The van der Waals surface area contributed by atoms with E-state index in [1.165, 1.54) is 25.7 Å². The first-order valence-electron chi connectivity index (χ1n) is 9.05. The lowest BCUT2D eigenvalue weighted by atomic mass is 10.0. The first-order valence-corrected chi connectivity index (χ1v) is 9.05. The van der Waals surface area contributed by atoms with Gasteiger partial charge in [-0.25, -0.2) is 0 Å². The minimum atomic E-state index is -0.0180. The van der Waals surface area contributed by atoms with E-state index in [0.717, 1.165) is 31.7 Å². The number of aromatic nitrogens is 2. The minimum absolute atomic E-state index is 0.0180. The summed E-state index contributed by atoms with van der Waals surface area (Å²) in [4.78, 5) is 22.7. The Hall–Kier alpha value is -1.85. The summed E-state index contributed by atoms with van der Waals surface area (Å²) in [5.41, 5.74) is 0. The summed E-state index contributed by atoms with van der Waals surface area (Å²) < 4.78 is 11.0. The number of rotatable bonds is 6. The zero-order valence-electron chi connectivity index (χ0n) is 14.4. The summed E-state index contributed by atoms with van der Waals surface area (Å²) in [7, 11) is 1.55. The van der Waals surface area contributed by atoms with Crippen LogP contribution in [0.1, 0.15) is 51.4 Å². The molecule has 1 aromatic heterocycles. The van der Waals surface area contributed by atoms with Crippen molar-refractivity contribution in [3.8, 4) is 11.8 Å². The molecular formula is C18H27N3O3. The van der Waals surface area contributed by atoms with Crippen molar-refractivity contribution in [3.63, 3.8) is 0 Å². The van der Waals surface area contributed by atoms with Crippen LogP contribution in [-0.2, 0) is 4.79 Å². The summed E-state index contributed by atoms with van der Waals surface area (Å²) in [5, 5.41) is 0. The van der Waals surface area contributed by atoms with Gasteiger partial charge in [0.25, 0.3) is 0 Å². The van der Waals surface area contributed by atoms with Crippen LogP contribution in [0.2, 0.25) is 0 Å². The van der Waals surface area contributed by atoms with Crippen LogP contribution < -0.4 is 9.47 Å². The van der Waals surface area contributed by atoms with Gasteiger partial charge in [-0.15, -0.1) is 0 Å². The number of likely N-dealkylation sites (tertiary alicyclic amines) is 1. The van der Waals surface area contributed by atoms with Gasteiger partial charge in [0, 0.05) is 13.0 Å².